The average molecular weight is 280 g/mol. The predicted octanol–water partition coefficient (Wildman–Crippen LogP) is 1.98. The molecule has 0 aromatic carbocycles. The largest absolute Gasteiger partial charge is 0.394 e. The number of hydrogen-bond acceptors (Lipinski definition) is 3. The molecule has 1 heterocycles. The van der Waals surface area contributed by atoms with Gasteiger partial charge in [-0.1, -0.05) is 20.3 Å². The van der Waals surface area contributed by atoms with Crippen LogP contribution < -0.4 is 5.32 Å². The van der Waals surface area contributed by atoms with Gasteiger partial charge in [0.15, 0.2) is 5.78 Å². The molecule has 0 spiro atoms. The van der Waals surface area contributed by atoms with Crippen molar-refractivity contribution in [2.24, 2.45) is 0 Å². The lowest BCUT2D eigenvalue weighted by Gasteiger charge is -2.14. The van der Waals surface area contributed by atoms with Crippen LogP contribution in [-0.2, 0) is 6.42 Å². The Morgan fingerprint density at radius 1 is 1.35 bits per heavy atom. The van der Waals surface area contributed by atoms with Gasteiger partial charge in [0.25, 0.3) is 5.91 Å². The van der Waals surface area contributed by atoms with E-state index in [4.69, 9.17) is 5.11 Å². The van der Waals surface area contributed by atoms with Crippen LogP contribution in [0.15, 0.2) is 0 Å². The van der Waals surface area contributed by atoms with Crippen LogP contribution in [0.1, 0.15) is 65.7 Å². The zero-order chi connectivity index (χ0) is 15.3. The number of rotatable bonds is 7. The molecule has 0 aliphatic rings. The van der Waals surface area contributed by atoms with Gasteiger partial charge in [0.1, 0.15) is 5.69 Å². The number of amides is 1. The van der Waals surface area contributed by atoms with Crippen molar-refractivity contribution in [1.29, 1.82) is 0 Å². The Morgan fingerprint density at radius 2 is 2.00 bits per heavy atom. The van der Waals surface area contributed by atoms with Gasteiger partial charge in [0.2, 0.25) is 0 Å². The number of aliphatic hydroxyl groups is 1. The summed E-state index contributed by atoms with van der Waals surface area (Å²) in [6, 6.07) is -0.263. The summed E-state index contributed by atoms with van der Waals surface area (Å²) in [4.78, 5) is 27.1. The second kappa shape index (κ2) is 7.24. The fraction of sp³-hybridized carbons (Fsp3) is 0.600. The number of carbonyl (C=O) groups excluding carboxylic acids is 2. The van der Waals surface area contributed by atoms with E-state index in [-0.39, 0.29) is 24.3 Å². The molecule has 5 nitrogen and oxygen atoms in total. The molecule has 0 fully saturated rings. The molecule has 20 heavy (non-hydrogen) atoms. The molecule has 0 radical (unpaired) electrons. The van der Waals surface area contributed by atoms with Crippen LogP contribution in [0.25, 0.3) is 0 Å². The van der Waals surface area contributed by atoms with Crippen LogP contribution in [0.4, 0.5) is 0 Å². The van der Waals surface area contributed by atoms with Crippen molar-refractivity contribution in [2.75, 3.05) is 6.61 Å². The molecular formula is C15H24N2O3. The van der Waals surface area contributed by atoms with E-state index < -0.39 is 0 Å². The summed E-state index contributed by atoms with van der Waals surface area (Å²) in [5, 5.41) is 11.9. The van der Waals surface area contributed by atoms with E-state index in [1.54, 1.807) is 6.92 Å². The van der Waals surface area contributed by atoms with Gasteiger partial charge >= 0.3 is 0 Å². The van der Waals surface area contributed by atoms with Gasteiger partial charge in [-0.2, -0.15) is 0 Å². The highest BCUT2D eigenvalue weighted by Crippen LogP contribution is 2.21. The third-order valence-corrected chi connectivity index (χ3v) is 3.42. The number of aliphatic hydroxyl groups excluding tert-OH is 1. The van der Waals surface area contributed by atoms with Crippen LogP contribution in [0.5, 0.6) is 0 Å². The molecule has 1 unspecified atom stereocenters. The highest BCUT2D eigenvalue weighted by molar-refractivity contribution is 6.02. The van der Waals surface area contributed by atoms with Gasteiger partial charge in [-0.05, 0) is 32.3 Å². The van der Waals surface area contributed by atoms with Crippen LogP contribution in [0.2, 0.25) is 0 Å². The lowest BCUT2D eigenvalue weighted by atomic mass is 10.0. The van der Waals surface area contributed by atoms with Crippen molar-refractivity contribution >= 4 is 11.7 Å². The quantitative estimate of drug-likeness (QED) is 0.668. The summed E-state index contributed by atoms with van der Waals surface area (Å²) in [7, 11) is 0. The summed E-state index contributed by atoms with van der Waals surface area (Å²) < 4.78 is 0. The Bertz CT molecular complexity index is 488. The zero-order valence-electron chi connectivity index (χ0n) is 12.7. The van der Waals surface area contributed by atoms with Gasteiger partial charge in [-0.15, -0.1) is 0 Å². The molecule has 0 aliphatic carbocycles. The molecule has 0 bridgehead atoms. The van der Waals surface area contributed by atoms with Crippen molar-refractivity contribution in [1.82, 2.24) is 10.3 Å². The minimum absolute atomic E-state index is 0.0320. The van der Waals surface area contributed by atoms with Crippen LogP contribution in [-0.4, -0.2) is 34.4 Å². The van der Waals surface area contributed by atoms with E-state index in [1.807, 2.05) is 13.8 Å². The van der Waals surface area contributed by atoms with Crippen LogP contribution >= 0.6 is 0 Å². The fourth-order valence-corrected chi connectivity index (χ4v) is 2.38. The molecule has 5 heteroatoms. The molecule has 1 aromatic rings. The zero-order valence-corrected chi connectivity index (χ0v) is 12.7. The Morgan fingerprint density at radius 3 is 2.45 bits per heavy atom. The number of H-pyrrole nitrogens is 1. The third-order valence-electron chi connectivity index (χ3n) is 3.42. The molecule has 0 aliphatic heterocycles. The van der Waals surface area contributed by atoms with Crippen molar-refractivity contribution in [2.45, 2.75) is 53.0 Å². The summed E-state index contributed by atoms with van der Waals surface area (Å²) in [5.41, 5.74) is 2.57. The first-order valence-electron chi connectivity index (χ1n) is 7.10. The molecule has 0 saturated carbocycles. The number of ketones is 1. The number of aromatic amines is 1. The molecule has 0 saturated heterocycles. The first-order valence-corrected chi connectivity index (χ1v) is 7.10. The minimum atomic E-state index is -0.263. The summed E-state index contributed by atoms with van der Waals surface area (Å²) in [6.45, 7) is 7.13. The highest BCUT2D eigenvalue weighted by Gasteiger charge is 2.23. The Kier molecular flexibility index (Phi) is 5.95. The van der Waals surface area contributed by atoms with E-state index in [0.29, 0.717) is 24.1 Å². The smallest absolute Gasteiger partial charge is 0.268 e. The van der Waals surface area contributed by atoms with Gasteiger partial charge in [0, 0.05) is 11.3 Å². The first kappa shape index (κ1) is 16.4. The maximum atomic E-state index is 12.3. The van der Waals surface area contributed by atoms with Crippen LogP contribution in [0.3, 0.4) is 0 Å². The van der Waals surface area contributed by atoms with Crippen molar-refractivity contribution in [3.63, 3.8) is 0 Å². The average Bonchev–Trinajstić information content (AvgIpc) is 2.73. The van der Waals surface area contributed by atoms with Gasteiger partial charge in [-0.25, -0.2) is 0 Å². The van der Waals surface area contributed by atoms with Crippen molar-refractivity contribution in [3.05, 3.63) is 22.5 Å². The maximum absolute atomic E-state index is 12.3. The van der Waals surface area contributed by atoms with E-state index >= 15 is 0 Å². The number of aryl methyl sites for hydroxylation is 1. The standard InChI is InChI=1S/C15H24N2O3/c1-5-7-12-13(10(4)19)9(3)16-14(12)15(20)17-11(6-2)8-18/h11,16,18H,5-8H2,1-4H3,(H,17,20). The molecule has 3 N–H and O–H groups in total. The van der Waals surface area contributed by atoms with Crippen molar-refractivity contribution in [3.8, 4) is 0 Å². The number of Topliss-reactive ketones (excluding diaryl/α,β-unsaturated/α-hetero) is 1. The third kappa shape index (κ3) is 3.48. The predicted molar refractivity (Wildman–Crippen MR) is 78.2 cm³/mol. The SMILES string of the molecule is CCCc1c(C(=O)NC(CC)CO)[nH]c(C)c1C(C)=O. The summed E-state index contributed by atoms with van der Waals surface area (Å²) in [5.74, 6) is -0.291. The van der Waals surface area contributed by atoms with Crippen molar-refractivity contribution < 1.29 is 14.7 Å². The molecular weight excluding hydrogens is 256 g/mol. The van der Waals surface area contributed by atoms with E-state index in [2.05, 4.69) is 10.3 Å². The molecule has 1 rings (SSSR count). The maximum Gasteiger partial charge on any atom is 0.268 e. The topological polar surface area (TPSA) is 82.2 Å². The van der Waals surface area contributed by atoms with Gasteiger partial charge < -0.3 is 15.4 Å². The summed E-state index contributed by atoms with van der Waals surface area (Å²) in [6.07, 6.45) is 2.19. The number of aromatic nitrogens is 1. The van der Waals surface area contributed by atoms with Gasteiger partial charge in [-0.3, -0.25) is 9.59 Å². The lowest BCUT2D eigenvalue weighted by molar-refractivity contribution is 0.0909. The fourth-order valence-electron chi connectivity index (χ4n) is 2.38. The first-order chi connectivity index (χ1) is 9.46. The second-order valence-corrected chi connectivity index (χ2v) is 5.05. The van der Waals surface area contributed by atoms with E-state index in [1.165, 1.54) is 6.92 Å². The normalized spacial score (nSPS) is 12.2. The number of nitrogens with one attached hydrogen (secondary N) is 2. The highest BCUT2D eigenvalue weighted by atomic mass is 16.3. The molecule has 1 amide bonds. The van der Waals surface area contributed by atoms with E-state index in [9.17, 15) is 9.59 Å². The molecule has 1 atom stereocenters. The minimum Gasteiger partial charge on any atom is -0.394 e. The molecule has 112 valence electrons. The number of hydrogen-bond donors (Lipinski definition) is 3. The Balaban J connectivity index is 3.14. The lowest BCUT2D eigenvalue weighted by Crippen LogP contribution is -2.37. The monoisotopic (exact) mass is 280 g/mol. The Labute approximate surface area is 119 Å². The van der Waals surface area contributed by atoms with Crippen LogP contribution in [0, 0.1) is 6.92 Å². The van der Waals surface area contributed by atoms with E-state index in [0.717, 1.165) is 17.7 Å². The number of carbonyl (C=O) groups is 2. The van der Waals surface area contributed by atoms with Gasteiger partial charge in [0.05, 0.1) is 12.6 Å². The second-order valence-electron chi connectivity index (χ2n) is 5.05. The summed E-state index contributed by atoms with van der Waals surface area (Å²) >= 11 is 0. The Hall–Kier alpha value is -1.62. The molecule has 1 aromatic heterocycles.